The zero-order chi connectivity index (χ0) is 22.1. The Bertz CT molecular complexity index is 990. The van der Waals surface area contributed by atoms with E-state index < -0.39 is 5.97 Å². The third kappa shape index (κ3) is 6.93. The van der Waals surface area contributed by atoms with Gasteiger partial charge in [-0.25, -0.2) is 9.37 Å². The zero-order valence-electron chi connectivity index (χ0n) is 16.8. The molecule has 0 amide bonds. The summed E-state index contributed by atoms with van der Waals surface area (Å²) < 4.78 is 15.3. The second-order valence-electron chi connectivity index (χ2n) is 7.02. The van der Waals surface area contributed by atoms with Gasteiger partial charge in [0.05, 0.1) is 12.4 Å². The lowest BCUT2D eigenvalue weighted by Crippen LogP contribution is -2.22. The zero-order valence-corrected chi connectivity index (χ0v) is 17.6. The summed E-state index contributed by atoms with van der Waals surface area (Å²) in [6, 6.07) is 13.4. The van der Waals surface area contributed by atoms with Gasteiger partial charge >= 0.3 is 5.97 Å². The van der Waals surface area contributed by atoms with Crippen molar-refractivity contribution in [1.29, 1.82) is 0 Å². The topological polar surface area (TPSA) is 76.7 Å². The maximum atomic E-state index is 13.4. The number of hydrogen-bond acceptors (Lipinski definition) is 4. The standard InChI is InChI=1S/C23H23ClFN3O3/c24-19-8-6-18(7-9-19)23(27-31-14-2-1-3-22(29)30)21(28-13-12-26-16-28)15-17-4-10-20(25)11-5-17/h4-13,16,21H,1-3,14-15H2,(H,29,30)/b27-23+. The highest BCUT2D eigenvalue weighted by Crippen LogP contribution is 2.23. The Kier molecular flexibility index (Phi) is 8.18. The lowest BCUT2D eigenvalue weighted by Gasteiger charge is -2.21. The van der Waals surface area contributed by atoms with Crippen LogP contribution in [0.3, 0.4) is 0 Å². The number of carboxylic acid groups (broad SMARTS) is 1. The van der Waals surface area contributed by atoms with Crippen LogP contribution < -0.4 is 0 Å². The minimum atomic E-state index is -0.829. The summed E-state index contributed by atoms with van der Waals surface area (Å²) in [6.45, 7) is 0.303. The maximum Gasteiger partial charge on any atom is 0.303 e. The Hall–Kier alpha value is -3.19. The molecule has 1 atom stereocenters. The van der Waals surface area contributed by atoms with E-state index >= 15 is 0 Å². The van der Waals surface area contributed by atoms with E-state index in [0.29, 0.717) is 36.6 Å². The van der Waals surface area contributed by atoms with Crippen molar-refractivity contribution >= 4 is 23.3 Å². The summed E-state index contributed by atoms with van der Waals surface area (Å²) in [4.78, 5) is 20.4. The van der Waals surface area contributed by atoms with Crippen LogP contribution >= 0.6 is 11.6 Å². The molecule has 162 valence electrons. The predicted molar refractivity (Wildman–Crippen MR) is 117 cm³/mol. The predicted octanol–water partition coefficient (Wildman–Crippen LogP) is 5.14. The van der Waals surface area contributed by atoms with Crippen LogP contribution in [0.25, 0.3) is 0 Å². The van der Waals surface area contributed by atoms with Crippen LogP contribution in [0.2, 0.25) is 5.02 Å². The van der Waals surface area contributed by atoms with Crippen LogP contribution in [0.1, 0.15) is 36.4 Å². The molecular weight excluding hydrogens is 421 g/mol. The van der Waals surface area contributed by atoms with Crippen LogP contribution in [0, 0.1) is 5.82 Å². The second-order valence-corrected chi connectivity index (χ2v) is 7.46. The number of nitrogens with zero attached hydrogens (tertiary/aromatic N) is 3. The number of carboxylic acids is 1. The molecule has 1 heterocycles. The molecule has 0 aliphatic heterocycles. The summed E-state index contributed by atoms with van der Waals surface area (Å²) in [5, 5.41) is 13.8. The van der Waals surface area contributed by atoms with E-state index in [1.165, 1.54) is 12.1 Å². The first kappa shape index (κ1) is 22.5. The number of carbonyl (C=O) groups is 1. The van der Waals surface area contributed by atoms with E-state index in [-0.39, 0.29) is 18.3 Å². The molecule has 0 spiro atoms. The van der Waals surface area contributed by atoms with Crippen LogP contribution in [-0.4, -0.2) is 32.9 Å². The summed E-state index contributed by atoms with van der Waals surface area (Å²) in [5.74, 6) is -1.12. The molecule has 8 heteroatoms. The van der Waals surface area contributed by atoms with Crippen LogP contribution in [0.5, 0.6) is 0 Å². The van der Waals surface area contributed by atoms with Gasteiger partial charge in [0.1, 0.15) is 18.1 Å². The van der Waals surface area contributed by atoms with Gasteiger partial charge in [-0.15, -0.1) is 0 Å². The van der Waals surface area contributed by atoms with Gasteiger partial charge in [0.15, 0.2) is 0 Å². The average Bonchev–Trinajstić information content (AvgIpc) is 3.29. The van der Waals surface area contributed by atoms with Crippen LogP contribution in [-0.2, 0) is 16.1 Å². The molecule has 1 aromatic heterocycles. The van der Waals surface area contributed by atoms with E-state index in [0.717, 1.165) is 11.1 Å². The Morgan fingerprint density at radius 2 is 1.90 bits per heavy atom. The Balaban J connectivity index is 1.86. The summed E-state index contributed by atoms with van der Waals surface area (Å²) in [5.41, 5.74) is 2.43. The largest absolute Gasteiger partial charge is 0.481 e. The van der Waals surface area contributed by atoms with E-state index in [2.05, 4.69) is 10.1 Å². The Morgan fingerprint density at radius 3 is 2.55 bits per heavy atom. The minimum Gasteiger partial charge on any atom is -0.481 e. The van der Waals surface area contributed by atoms with Gasteiger partial charge in [0.25, 0.3) is 0 Å². The van der Waals surface area contributed by atoms with Gasteiger partial charge in [0.2, 0.25) is 0 Å². The number of aromatic nitrogens is 2. The van der Waals surface area contributed by atoms with Gasteiger partial charge in [-0.1, -0.05) is 41.0 Å². The third-order valence-corrected chi connectivity index (χ3v) is 4.97. The molecule has 1 unspecified atom stereocenters. The first-order chi connectivity index (χ1) is 15.0. The second kappa shape index (κ2) is 11.3. The fourth-order valence-electron chi connectivity index (χ4n) is 3.13. The molecule has 0 aliphatic carbocycles. The fraction of sp³-hybridized carbons (Fsp3) is 0.261. The minimum absolute atomic E-state index is 0.0966. The van der Waals surface area contributed by atoms with Crippen molar-refractivity contribution in [3.8, 4) is 0 Å². The highest BCUT2D eigenvalue weighted by molar-refractivity contribution is 6.30. The molecule has 0 aliphatic rings. The fourth-order valence-corrected chi connectivity index (χ4v) is 3.25. The first-order valence-electron chi connectivity index (χ1n) is 9.92. The van der Waals surface area contributed by atoms with E-state index in [1.54, 1.807) is 36.8 Å². The van der Waals surface area contributed by atoms with Crippen molar-refractivity contribution in [1.82, 2.24) is 9.55 Å². The normalized spacial score (nSPS) is 12.5. The molecule has 0 radical (unpaired) electrons. The SMILES string of the molecule is O=C(O)CCCCO/N=C(\c1ccc(Cl)cc1)C(Cc1ccc(F)cc1)n1ccnc1. The summed E-state index contributed by atoms with van der Waals surface area (Å²) in [6.07, 6.45) is 6.96. The van der Waals surface area contributed by atoms with E-state index in [4.69, 9.17) is 21.5 Å². The third-order valence-electron chi connectivity index (χ3n) is 4.72. The van der Waals surface area contributed by atoms with Gasteiger partial charge in [-0.2, -0.15) is 0 Å². The number of hydrogen-bond donors (Lipinski definition) is 1. The molecule has 0 fully saturated rings. The smallest absolute Gasteiger partial charge is 0.303 e. The Morgan fingerprint density at radius 1 is 1.16 bits per heavy atom. The van der Waals surface area contributed by atoms with Crippen molar-refractivity contribution in [3.05, 3.63) is 89.2 Å². The van der Waals surface area contributed by atoms with Crippen molar-refractivity contribution in [2.24, 2.45) is 5.16 Å². The number of rotatable bonds is 11. The average molecular weight is 444 g/mol. The van der Waals surface area contributed by atoms with Gasteiger partial charge in [-0.3, -0.25) is 4.79 Å². The van der Waals surface area contributed by atoms with Gasteiger partial charge in [-0.05, 0) is 49.1 Å². The lowest BCUT2D eigenvalue weighted by molar-refractivity contribution is -0.137. The number of oxime groups is 1. The highest BCUT2D eigenvalue weighted by Gasteiger charge is 2.21. The summed E-state index contributed by atoms with van der Waals surface area (Å²) in [7, 11) is 0. The maximum absolute atomic E-state index is 13.4. The number of imidazole rings is 1. The quantitative estimate of drug-likeness (QED) is 0.253. The molecular formula is C23H23ClFN3O3. The highest BCUT2D eigenvalue weighted by atomic mass is 35.5. The van der Waals surface area contributed by atoms with Crippen molar-refractivity contribution in [2.75, 3.05) is 6.61 Å². The molecule has 6 nitrogen and oxygen atoms in total. The molecule has 0 saturated carbocycles. The van der Waals surface area contributed by atoms with E-state index in [1.807, 2.05) is 22.9 Å². The molecule has 0 bridgehead atoms. The van der Waals surface area contributed by atoms with Gasteiger partial charge < -0.3 is 14.5 Å². The van der Waals surface area contributed by atoms with Crippen LogP contribution in [0.4, 0.5) is 4.39 Å². The molecule has 31 heavy (non-hydrogen) atoms. The van der Waals surface area contributed by atoms with Crippen molar-refractivity contribution in [2.45, 2.75) is 31.7 Å². The molecule has 2 aromatic carbocycles. The molecule has 1 N–H and O–H groups in total. The molecule has 3 aromatic rings. The van der Waals surface area contributed by atoms with Crippen LogP contribution in [0.15, 0.2) is 72.4 Å². The summed E-state index contributed by atoms with van der Waals surface area (Å²) >= 11 is 6.06. The number of benzene rings is 2. The Labute approximate surface area is 184 Å². The number of unbranched alkanes of at least 4 members (excludes halogenated alkanes) is 1. The van der Waals surface area contributed by atoms with Crippen molar-refractivity contribution in [3.63, 3.8) is 0 Å². The number of aliphatic carboxylic acids is 1. The van der Waals surface area contributed by atoms with Gasteiger partial charge in [0, 0.05) is 29.4 Å². The monoisotopic (exact) mass is 443 g/mol. The lowest BCUT2D eigenvalue weighted by atomic mass is 9.96. The number of halogens is 2. The first-order valence-corrected chi connectivity index (χ1v) is 10.3. The van der Waals surface area contributed by atoms with E-state index in [9.17, 15) is 9.18 Å². The molecule has 3 rings (SSSR count). The molecule has 0 saturated heterocycles. The van der Waals surface area contributed by atoms with Crippen molar-refractivity contribution < 1.29 is 19.1 Å².